The van der Waals surface area contributed by atoms with Gasteiger partial charge in [-0.15, -0.1) is 11.8 Å². The Bertz CT molecular complexity index is 603. The maximum Gasteiger partial charge on any atom is 0.137 e. The highest BCUT2D eigenvalue weighted by Gasteiger charge is 2.17. The lowest BCUT2D eigenvalue weighted by Gasteiger charge is -2.22. The summed E-state index contributed by atoms with van der Waals surface area (Å²) in [6.45, 7) is 3.00. The fourth-order valence-corrected chi connectivity index (χ4v) is 3.28. The van der Waals surface area contributed by atoms with Crippen LogP contribution in [0.1, 0.15) is 24.1 Å². The van der Waals surface area contributed by atoms with Crippen molar-refractivity contribution in [3.8, 4) is 5.75 Å². The van der Waals surface area contributed by atoms with Gasteiger partial charge in [-0.1, -0.05) is 42.8 Å². The Kier molecular flexibility index (Phi) is 5.97. The SMILES string of the molecule is CCNC(c1ccc(OC)c(Cl)c1)c1ccccc1SC. The Morgan fingerprint density at radius 1 is 1.24 bits per heavy atom. The highest BCUT2D eigenvalue weighted by molar-refractivity contribution is 7.98. The van der Waals surface area contributed by atoms with Crippen LogP contribution in [0.5, 0.6) is 5.75 Å². The molecule has 2 aromatic carbocycles. The molecule has 0 aromatic heterocycles. The first-order chi connectivity index (χ1) is 10.2. The number of benzene rings is 2. The summed E-state index contributed by atoms with van der Waals surface area (Å²) in [5, 5.41) is 4.18. The molecule has 0 amide bonds. The van der Waals surface area contributed by atoms with Crippen LogP contribution in [-0.2, 0) is 0 Å². The lowest BCUT2D eigenvalue weighted by Crippen LogP contribution is -2.22. The van der Waals surface area contributed by atoms with E-state index in [4.69, 9.17) is 16.3 Å². The number of hydrogen-bond donors (Lipinski definition) is 1. The van der Waals surface area contributed by atoms with Crippen molar-refractivity contribution < 1.29 is 4.74 Å². The highest BCUT2D eigenvalue weighted by Crippen LogP contribution is 2.33. The Morgan fingerprint density at radius 2 is 2.00 bits per heavy atom. The van der Waals surface area contributed by atoms with Crippen LogP contribution in [0.15, 0.2) is 47.4 Å². The van der Waals surface area contributed by atoms with E-state index in [1.807, 2.05) is 12.1 Å². The number of hydrogen-bond acceptors (Lipinski definition) is 3. The molecule has 2 rings (SSSR count). The van der Waals surface area contributed by atoms with E-state index in [1.165, 1.54) is 10.5 Å². The van der Waals surface area contributed by atoms with Crippen molar-refractivity contribution in [2.45, 2.75) is 17.9 Å². The van der Waals surface area contributed by atoms with E-state index in [-0.39, 0.29) is 6.04 Å². The van der Waals surface area contributed by atoms with E-state index >= 15 is 0 Å². The zero-order chi connectivity index (χ0) is 15.2. The Labute approximate surface area is 135 Å². The summed E-state index contributed by atoms with van der Waals surface area (Å²) < 4.78 is 5.23. The average Bonchev–Trinajstić information content (AvgIpc) is 2.52. The maximum absolute atomic E-state index is 6.28. The van der Waals surface area contributed by atoms with E-state index < -0.39 is 0 Å². The predicted molar refractivity (Wildman–Crippen MR) is 91.7 cm³/mol. The molecule has 0 spiro atoms. The van der Waals surface area contributed by atoms with Gasteiger partial charge in [0.05, 0.1) is 18.2 Å². The smallest absolute Gasteiger partial charge is 0.137 e. The first-order valence-electron chi connectivity index (χ1n) is 6.91. The van der Waals surface area contributed by atoms with E-state index in [9.17, 15) is 0 Å². The van der Waals surface area contributed by atoms with Crippen molar-refractivity contribution in [2.24, 2.45) is 0 Å². The molecule has 0 radical (unpaired) electrons. The van der Waals surface area contributed by atoms with Gasteiger partial charge in [0.2, 0.25) is 0 Å². The topological polar surface area (TPSA) is 21.3 Å². The van der Waals surface area contributed by atoms with Crippen LogP contribution in [0, 0.1) is 0 Å². The predicted octanol–water partition coefficient (Wildman–Crippen LogP) is 4.77. The first kappa shape index (κ1) is 16.2. The second-order valence-corrected chi connectivity index (χ2v) is 5.88. The summed E-state index contributed by atoms with van der Waals surface area (Å²) >= 11 is 8.04. The normalized spacial score (nSPS) is 12.2. The highest BCUT2D eigenvalue weighted by atomic mass is 35.5. The molecule has 0 aliphatic carbocycles. The molecule has 0 heterocycles. The fraction of sp³-hybridized carbons (Fsp3) is 0.294. The van der Waals surface area contributed by atoms with E-state index in [0.717, 1.165) is 12.1 Å². The minimum Gasteiger partial charge on any atom is -0.495 e. The third-order valence-corrected chi connectivity index (χ3v) is 4.47. The summed E-state index contributed by atoms with van der Waals surface area (Å²) in [4.78, 5) is 1.27. The molecule has 2 aromatic rings. The average molecular weight is 322 g/mol. The van der Waals surface area contributed by atoms with Crippen molar-refractivity contribution in [3.05, 3.63) is 58.6 Å². The van der Waals surface area contributed by atoms with Crippen LogP contribution < -0.4 is 10.1 Å². The summed E-state index contributed by atoms with van der Waals surface area (Å²) in [5.74, 6) is 0.703. The van der Waals surface area contributed by atoms with Crippen molar-refractivity contribution in [1.29, 1.82) is 0 Å². The zero-order valence-electron chi connectivity index (χ0n) is 12.5. The summed E-state index contributed by atoms with van der Waals surface area (Å²) in [6, 6.07) is 14.5. The van der Waals surface area contributed by atoms with Crippen molar-refractivity contribution in [2.75, 3.05) is 19.9 Å². The molecule has 0 fully saturated rings. The van der Waals surface area contributed by atoms with Crippen molar-refractivity contribution in [1.82, 2.24) is 5.32 Å². The van der Waals surface area contributed by atoms with Crippen LogP contribution in [-0.4, -0.2) is 19.9 Å². The summed E-state index contributed by atoms with van der Waals surface area (Å²) in [6.07, 6.45) is 2.10. The van der Waals surface area contributed by atoms with Gasteiger partial charge in [-0.2, -0.15) is 0 Å². The number of ether oxygens (including phenoxy) is 1. The van der Waals surface area contributed by atoms with Crippen molar-refractivity contribution in [3.63, 3.8) is 0 Å². The standard InChI is InChI=1S/C17H20ClNOS/c1-4-19-17(13-7-5-6-8-16(13)21-3)12-9-10-15(20-2)14(18)11-12/h5-11,17,19H,4H2,1-3H3. The van der Waals surface area contributed by atoms with Gasteiger partial charge in [0.25, 0.3) is 0 Å². The molecule has 2 nitrogen and oxygen atoms in total. The van der Waals surface area contributed by atoms with E-state index in [0.29, 0.717) is 10.8 Å². The second-order valence-electron chi connectivity index (χ2n) is 4.63. The first-order valence-corrected chi connectivity index (χ1v) is 8.51. The Hall–Kier alpha value is -1.16. The lowest BCUT2D eigenvalue weighted by molar-refractivity contribution is 0.414. The molecule has 0 aliphatic heterocycles. The molecular formula is C17H20ClNOS. The minimum atomic E-state index is 0.127. The number of thioether (sulfide) groups is 1. The number of nitrogens with one attached hydrogen (secondary N) is 1. The van der Waals surface area contributed by atoms with Gasteiger partial charge < -0.3 is 10.1 Å². The van der Waals surface area contributed by atoms with E-state index in [1.54, 1.807) is 18.9 Å². The zero-order valence-corrected chi connectivity index (χ0v) is 14.1. The monoisotopic (exact) mass is 321 g/mol. The van der Waals surface area contributed by atoms with Gasteiger partial charge in [0.1, 0.15) is 5.75 Å². The van der Waals surface area contributed by atoms with Crippen LogP contribution in [0.4, 0.5) is 0 Å². The van der Waals surface area contributed by atoms with Crippen LogP contribution in [0.25, 0.3) is 0 Å². The summed E-state index contributed by atoms with van der Waals surface area (Å²) in [5.41, 5.74) is 2.41. The number of rotatable bonds is 6. The molecule has 1 unspecified atom stereocenters. The third-order valence-electron chi connectivity index (χ3n) is 3.37. The molecule has 112 valence electrons. The largest absolute Gasteiger partial charge is 0.495 e. The minimum absolute atomic E-state index is 0.127. The molecule has 0 saturated heterocycles. The molecular weight excluding hydrogens is 302 g/mol. The summed E-state index contributed by atoms with van der Waals surface area (Å²) in [7, 11) is 1.63. The molecule has 0 bridgehead atoms. The Balaban J connectivity index is 2.45. The molecule has 0 saturated carbocycles. The molecule has 1 N–H and O–H groups in total. The van der Waals surface area contributed by atoms with E-state index in [2.05, 4.69) is 48.8 Å². The fourth-order valence-electron chi connectivity index (χ4n) is 2.38. The number of methoxy groups -OCH3 is 1. The Morgan fingerprint density at radius 3 is 2.62 bits per heavy atom. The van der Waals surface area contributed by atoms with Gasteiger partial charge in [-0.25, -0.2) is 0 Å². The molecule has 0 aliphatic rings. The number of halogens is 1. The van der Waals surface area contributed by atoms with Gasteiger partial charge in [0, 0.05) is 4.90 Å². The van der Waals surface area contributed by atoms with Gasteiger partial charge in [-0.3, -0.25) is 0 Å². The van der Waals surface area contributed by atoms with Gasteiger partial charge in [0.15, 0.2) is 0 Å². The van der Waals surface area contributed by atoms with Gasteiger partial charge >= 0.3 is 0 Å². The maximum atomic E-state index is 6.28. The lowest BCUT2D eigenvalue weighted by atomic mass is 9.98. The third kappa shape index (κ3) is 3.73. The molecule has 21 heavy (non-hydrogen) atoms. The van der Waals surface area contributed by atoms with Gasteiger partial charge in [-0.05, 0) is 42.1 Å². The van der Waals surface area contributed by atoms with Crippen LogP contribution in [0.3, 0.4) is 0 Å². The van der Waals surface area contributed by atoms with Crippen LogP contribution in [0.2, 0.25) is 5.02 Å². The second kappa shape index (κ2) is 7.74. The molecule has 4 heteroatoms. The van der Waals surface area contributed by atoms with Crippen LogP contribution >= 0.6 is 23.4 Å². The quantitative estimate of drug-likeness (QED) is 0.774. The van der Waals surface area contributed by atoms with Crippen molar-refractivity contribution >= 4 is 23.4 Å². The molecule has 1 atom stereocenters.